The van der Waals surface area contributed by atoms with E-state index in [1.807, 2.05) is 0 Å². The van der Waals surface area contributed by atoms with Gasteiger partial charge in [0.05, 0.1) is 0 Å². The van der Waals surface area contributed by atoms with Crippen LogP contribution in [0.25, 0.3) is 0 Å². The van der Waals surface area contributed by atoms with Crippen LogP contribution in [0.15, 0.2) is 0 Å². The van der Waals surface area contributed by atoms with Gasteiger partial charge in [-0.05, 0) is 24.2 Å². The fourth-order valence-corrected chi connectivity index (χ4v) is 2.75. The summed E-state index contributed by atoms with van der Waals surface area (Å²) in [6.07, 6.45) is 11.7. The first kappa shape index (κ1) is 12.1. The van der Waals surface area contributed by atoms with Crippen molar-refractivity contribution in [1.82, 2.24) is 0 Å². The summed E-state index contributed by atoms with van der Waals surface area (Å²) < 4.78 is 0. The second-order valence-electron chi connectivity index (χ2n) is 5.37. The van der Waals surface area contributed by atoms with Crippen LogP contribution >= 0.6 is 0 Å². The van der Waals surface area contributed by atoms with Crippen LogP contribution in [0.4, 0.5) is 0 Å². The zero-order chi connectivity index (χ0) is 10.4. The van der Waals surface area contributed by atoms with Crippen LogP contribution in [0.5, 0.6) is 0 Å². The molecule has 3 atom stereocenters. The van der Waals surface area contributed by atoms with Crippen LogP contribution in [0.1, 0.15) is 72.1 Å². The van der Waals surface area contributed by atoms with Crippen LogP contribution in [-0.2, 0) is 0 Å². The Hall–Kier alpha value is 0. The maximum Gasteiger partial charge on any atom is -0.0383 e. The lowest BCUT2D eigenvalue weighted by Crippen LogP contribution is -1.94. The van der Waals surface area contributed by atoms with Crippen molar-refractivity contribution in [3.8, 4) is 0 Å². The molecular weight excluding hydrogens is 168 g/mol. The van der Waals surface area contributed by atoms with Crippen LogP contribution in [0.2, 0.25) is 0 Å². The van der Waals surface area contributed by atoms with Gasteiger partial charge in [-0.25, -0.2) is 0 Å². The molecule has 14 heavy (non-hydrogen) atoms. The normalized spacial score (nSPS) is 27.6. The molecule has 0 aromatic rings. The van der Waals surface area contributed by atoms with E-state index in [9.17, 15) is 0 Å². The molecule has 1 rings (SSSR count). The van der Waals surface area contributed by atoms with Crippen molar-refractivity contribution in [3.05, 3.63) is 0 Å². The third kappa shape index (κ3) is 4.48. The number of rotatable bonds is 8. The van der Waals surface area contributed by atoms with E-state index in [0.29, 0.717) is 0 Å². The summed E-state index contributed by atoms with van der Waals surface area (Å²) in [6.45, 7) is 7.04. The number of hydrogen-bond acceptors (Lipinski definition) is 0. The van der Waals surface area contributed by atoms with Gasteiger partial charge < -0.3 is 0 Å². The molecule has 1 saturated carbocycles. The molecule has 1 fully saturated rings. The van der Waals surface area contributed by atoms with Gasteiger partial charge in [0.1, 0.15) is 0 Å². The van der Waals surface area contributed by atoms with Gasteiger partial charge in [-0.1, -0.05) is 65.7 Å². The van der Waals surface area contributed by atoms with E-state index in [-0.39, 0.29) is 0 Å². The highest BCUT2D eigenvalue weighted by Crippen LogP contribution is 2.45. The average Bonchev–Trinajstić information content (AvgIpc) is 2.85. The van der Waals surface area contributed by atoms with Crippen LogP contribution in [-0.4, -0.2) is 0 Å². The maximum absolute atomic E-state index is 2.42. The zero-order valence-corrected chi connectivity index (χ0v) is 10.4. The number of hydrogen-bond donors (Lipinski definition) is 0. The smallest absolute Gasteiger partial charge is 0.0383 e. The molecule has 0 aromatic carbocycles. The molecule has 1 aliphatic rings. The minimum Gasteiger partial charge on any atom is -0.0654 e. The third-order valence-electron chi connectivity index (χ3n) is 3.78. The van der Waals surface area contributed by atoms with E-state index in [2.05, 4.69) is 20.8 Å². The summed E-state index contributed by atoms with van der Waals surface area (Å²) in [5.41, 5.74) is 0. The molecule has 0 heteroatoms. The Bertz CT molecular complexity index is 139. The van der Waals surface area contributed by atoms with E-state index in [1.165, 1.54) is 44.9 Å². The first-order valence-electron chi connectivity index (χ1n) is 6.77. The van der Waals surface area contributed by atoms with Crippen molar-refractivity contribution in [3.63, 3.8) is 0 Å². The largest absolute Gasteiger partial charge is 0.0654 e. The summed E-state index contributed by atoms with van der Waals surface area (Å²) in [7, 11) is 0. The first-order valence-corrected chi connectivity index (χ1v) is 6.77. The second-order valence-corrected chi connectivity index (χ2v) is 5.37. The van der Waals surface area contributed by atoms with E-state index >= 15 is 0 Å². The predicted octanol–water partition coefficient (Wildman–Crippen LogP) is 5.03. The zero-order valence-electron chi connectivity index (χ0n) is 10.4. The van der Waals surface area contributed by atoms with Gasteiger partial charge in [0.2, 0.25) is 0 Å². The Balaban J connectivity index is 1.90. The molecule has 0 aromatic heterocycles. The summed E-state index contributed by atoms with van der Waals surface area (Å²) in [6, 6.07) is 0. The van der Waals surface area contributed by atoms with Gasteiger partial charge in [-0.2, -0.15) is 0 Å². The third-order valence-corrected chi connectivity index (χ3v) is 3.78. The molecule has 0 N–H and O–H groups in total. The van der Waals surface area contributed by atoms with Crippen molar-refractivity contribution >= 4 is 0 Å². The van der Waals surface area contributed by atoms with Crippen molar-refractivity contribution in [2.45, 2.75) is 72.1 Å². The lowest BCUT2D eigenvalue weighted by molar-refractivity contribution is 0.445. The highest BCUT2D eigenvalue weighted by molar-refractivity contribution is 4.85. The molecule has 3 unspecified atom stereocenters. The molecule has 0 radical (unpaired) electrons. The standard InChI is InChI=1S/C14H28/c1-4-7-12(3)9-6-10-14-11-13(14)8-5-2/h12-14H,4-11H2,1-3H3. The summed E-state index contributed by atoms with van der Waals surface area (Å²) in [5.74, 6) is 3.23. The molecule has 0 nitrogen and oxygen atoms in total. The predicted molar refractivity (Wildman–Crippen MR) is 64.4 cm³/mol. The summed E-state index contributed by atoms with van der Waals surface area (Å²) in [5, 5.41) is 0. The molecule has 0 heterocycles. The second kappa shape index (κ2) is 6.48. The van der Waals surface area contributed by atoms with Gasteiger partial charge in [-0.3, -0.25) is 0 Å². The van der Waals surface area contributed by atoms with Gasteiger partial charge >= 0.3 is 0 Å². The quantitative estimate of drug-likeness (QED) is 0.511. The molecule has 0 saturated heterocycles. The fourth-order valence-electron chi connectivity index (χ4n) is 2.75. The SMILES string of the molecule is CCCC(C)CCCC1CC1CCC. The monoisotopic (exact) mass is 196 g/mol. The highest BCUT2D eigenvalue weighted by atomic mass is 14.4. The minimum absolute atomic E-state index is 0.975. The minimum atomic E-state index is 0.975. The fraction of sp³-hybridized carbons (Fsp3) is 1.00. The van der Waals surface area contributed by atoms with Crippen molar-refractivity contribution in [2.75, 3.05) is 0 Å². The molecule has 0 amide bonds. The molecule has 0 bridgehead atoms. The first-order chi connectivity index (χ1) is 6.77. The Morgan fingerprint density at radius 1 is 1.00 bits per heavy atom. The highest BCUT2D eigenvalue weighted by Gasteiger charge is 2.34. The molecule has 84 valence electrons. The molecular formula is C14H28. The van der Waals surface area contributed by atoms with Gasteiger partial charge in [0, 0.05) is 0 Å². The molecule has 0 spiro atoms. The average molecular weight is 196 g/mol. The van der Waals surface area contributed by atoms with Gasteiger partial charge in [-0.15, -0.1) is 0 Å². The molecule has 1 aliphatic carbocycles. The van der Waals surface area contributed by atoms with Crippen LogP contribution in [0.3, 0.4) is 0 Å². The topological polar surface area (TPSA) is 0 Å². The Kier molecular flexibility index (Phi) is 5.59. The molecule has 0 aliphatic heterocycles. The Morgan fingerprint density at radius 3 is 2.36 bits per heavy atom. The van der Waals surface area contributed by atoms with Gasteiger partial charge in [0.25, 0.3) is 0 Å². The van der Waals surface area contributed by atoms with E-state index < -0.39 is 0 Å². The maximum atomic E-state index is 2.42. The van der Waals surface area contributed by atoms with E-state index in [4.69, 9.17) is 0 Å². The van der Waals surface area contributed by atoms with E-state index in [0.717, 1.165) is 17.8 Å². The van der Waals surface area contributed by atoms with Crippen LogP contribution < -0.4 is 0 Å². The lowest BCUT2D eigenvalue weighted by Gasteiger charge is -2.08. The van der Waals surface area contributed by atoms with Crippen molar-refractivity contribution in [1.29, 1.82) is 0 Å². The summed E-state index contributed by atoms with van der Waals surface area (Å²) in [4.78, 5) is 0. The Labute approximate surface area is 90.5 Å². The summed E-state index contributed by atoms with van der Waals surface area (Å²) >= 11 is 0. The van der Waals surface area contributed by atoms with Gasteiger partial charge in [0.15, 0.2) is 0 Å². The van der Waals surface area contributed by atoms with E-state index in [1.54, 1.807) is 6.42 Å². The van der Waals surface area contributed by atoms with Crippen molar-refractivity contribution in [2.24, 2.45) is 17.8 Å². The Morgan fingerprint density at radius 2 is 1.71 bits per heavy atom. The van der Waals surface area contributed by atoms with Crippen molar-refractivity contribution < 1.29 is 0 Å². The van der Waals surface area contributed by atoms with Crippen LogP contribution in [0, 0.1) is 17.8 Å². The lowest BCUT2D eigenvalue weighted by atomic mass is 9.98.